The van der Waals surface area contributed by atoms with E-state index in [-0.39, 0.29) is 12.1 Å². The molecule has 18 heavy (non-hydrogen) atoms. The van der Waals surface area contributed by atoms with Crippen molar-refractivity contribution in [3.05, 3.63) is 34.3 Å². The monoisotopic (exact) mass is 313 g/mol. The number of nitrogens with zero attached hydrogens (tertiary/aromatic N) is 1. The molecule has 0 N–H and O–H groups in total. The molecule has 1 atom stereocenters. The van der Waals surface area contributed by atoms with Crippen LogP contribution in [-0.2, 0) is 4.74 Å². The summed E-state index contributed by atoms with van der Waals surface area (Å²) < 4.78 is 6.31. The minimum atomic E-state index is -0.268. The summed E-state index contributed by atoms with van der Waals surface area (Å²) in [5.74, 6) is -0.268. The Bertz CT molecular complexity index is 391. The normalized spacial score (nSPS) is 12.5. The fourth-order valence-corrected chi connectivity index (χ4v) is 2.15. The molecule has 0 radical (unpaired) electrons. The molecule has 0 heterocycles. The predicted octanol–water partition coefficient (Wildman–Crippen LogP) is 3.34. The summed E-state index contributed by atoms with van der Waals surface area (Å²) in [5.41, 5.74) is 0.579. The molecule has 1 aromatic carbocycles. The summed E-state index contributed by atoms with van der Waals surface area (Å²) in [4.78, 5) is 14.1. The summed E-state index contributed by atoms with van der Waals surface area (Å²) in [5, 5.41) is 0. The van der Waals surface area contributed by atoms with Gasteiger partial charge in [0.2, 0.25) is 0 Å². The lowest BCUT2D eigenvalue weighted by molar-refractivity contribution is 0.0260. The minimum absolute atomic E-state index is 0.101. The van der Waals surface area contributed by atoms with Crippen LogP contribution >= 0.6 is 15.9 Å². The second kappa shape index (κ2) is 7.54. The molecule has 0 aliphatic rings. The Morgan fingerprint density at radius 3 is 2.61 bits per heavy atom. The predicted molar refractivity (Wildman–Crippen MR) is 76.8 cm³/mol. The second-order valence-electron chi connectivity index (χ2n) is 4.21. The van der Waals surface area contributed by atoms with Gasteiger partial charge in [-0.1, -0.05) is 35.8 Å². The highest BCUT2D eigenvalue weighted by molar-refractivity contribution is 9.10. The molecule has 100 valence electrons. The van der Waals surface area contributed by atoms with Gasteiger partial charge >= 0.3 is 5.97 Å². The molecule has 0 fully saturated rings. The maximum absolute atomic E-state index is 11.9. The average Bonchev–Trinajstić information content (AvgIpc) is 2.35. The lowest BCUT2D eigenvalue weighted by Crippen LogP contribution is -2.33. The fourth-order valence-electron chi connectivity index (χ4n) is 1.75. The van der Waals surface area contributed by atoms with Crippen LogP contribution < -0.4 is 0 Å². The van der Waals surface area contributed by atoms with E-state index in [2.05, 4.69) is 34.7 Å². The topological polar surface area (TPSA) is 29.5 Å². The van der Waals surface area contributed by atoms with Crippen molar-refractivity contribution in [2.24, 2.45) is 0 Å². The summed E-state index contributed by atoms with van der Waals surface area (Å²) in [6.07, 6.45) is -0.101. The molecule has 0 unspecified atom stereocenters. The number of ether oxygens (including phenoxy) is 1. The minimum Gasteiger partial charge on any atom is -0.458 e. The van der Waals surface area contributed by atoms with E-state index in [0.29, 0.717) is 5.56 Å². The van der Waals surface area contributed by atoms with Gasteiger partial charge in [-0.15, -0.1) is 0 Å². The number of carbonyl (C=O) groups excluding carboxylic acids is 1. The zero-order valence-corrected chi connectivity index (χ0v) is 12.7. The first-order chi connectivity index (χ1) is 8.56. The smallest absolute Gasteiger partial charge is 0.338 e. The van der Waals surface area contributed by atoms with Crippen LogP contribution in [0.4, 0.5) is 0 Å². The van der Waals surface area contributed by atoms with Crippen molar-refractivity contribution in [3.8, 4) is 0 Å². The zero-order valence-electron chi connectivity index (χ0n) is 11.1. The number of rotatable bonds is 6. The third kappa shape index (κ3) is 4.78. The van der Waals surface area contributed by atoms with Crippen LogP contribution in [0.2, 0.25) is 0 Å². The van der Waals surface area contributed by atoms with Crippen LogP contribution in [0, 0.1) is 0 Å². The van der Waals surface area contributed by atoms with Gasteiger partial charge in [0.15, 0.2) is 0 Å². The van der Waals surface area contributed by atoms with Crippen molar-refractivity contribution in [3.63, 3.8) is 0 Å². The van der Waals surface area contributed by atoms with Crippen LogP contribution in [0.3, 0.4) is 0 Å². The summed E-state index contributed by atoms with van der Waals surface area (Å²) in [7, 11) is 0. The van der Waals surface area contributed by atoms with Crippen molar-refractivity contribution in [1.82, 2.24) is 4.90 Å². The maximum Gasteiger partial charge on any atom is 0.338 e. The van der Waals surface area contributed by atoms with E-state index in [0.717, 1.165) is 24.1 Å². The zero-order chi connectivity index (χ0) is 13.5. The number of hydrogen-bond donors (Lipinski definition) is 0. The van der Waals surface area contributed by atoms with E-state index in [1.807, 2.05) is 19.1 Å². The number of benzene rings is 1. The standard InChI is InChI=1S/C14H20BrNO2/c1-4-16(5-2)10-11(3)18-14(17)12-7-6-8-13(15)9-12/h6-9,11H,4-5,10H2,1-3H3/t11-/m1/s1. The van der Waals surface area contributed by atoms with E-state index in [9.17, 15) is 4.79 Å². The number of likely N-dealkylation sites (N-methyl/N-ethyl adjacent to an activating group) is 1. The first-order valence-corrected chi connectivity index (χ1v) is 7.05. The van der Waals surface area contributed by atoms with Gasteiger partial charge < -0.3 is 9.64 Å². The summed E-state index contributed by atoms with van der Waals surface area (Å²) in [6, 6.07) is 7.25. The van der Waals surface area contributed by atoms with Gasteiger partial charge in [-0.05, 0) is 38.2 Å². The van der Waals surface area contributed by atoms with Gasteiger partial charge in [0, 0.05) is 11.0 Å². The molecular weight excluding hydrogens is 294 g/mol. The van der Waals surface area contributed by atoms with E-state index in [1.54, 1.807) is 12.1 Å². The Labute approximate surface area is 117 Å². The molecule has 0 aliphatic carbocycles. The average molecular weight is 314 g/mol. The molecule has 0 spiro atoms. The molecular formula is C14H20BrNO2. The van der Waals surface area contributed by atoms with Gasteiger partial charge in [-0.2, -0.15) is 0 Å². The molecule has 3 nitrogen and oxygen atoms in total. The third-order valence-electron chi connectivity index (χ3n) is 2.78. The van der Waals surface area contributed by atoms with E-state index < -0.39 is 0 Å². The first-order valence-electron chi connectivity index (χ1n) is 6.25. The first kappa shape index (κ1) is 15.2. The van der Waals surface area contributed by atoms with Crippen LogP contribution in [0.15, 0.2) is 28.7 Å². The van der Waals surface area contributed by atoms with Gasteiger partial charge in [0.1, 0.15) is 6.10 Å². The number of carbonyl (C=O) groups is 1. The quantitative estimate of drug-likeness (QED) is 0.754. The molecule has 4 heteroatoms. The van der Waals surface area contributed by atoms with Crippen molar-refractivity contribution in [1.29, 1.82) is 0 Å². The van der Waals surface area contributed by atoms with Crippen LogP contribution in [0.5, 0.6) is 0 Å². The lowest BCUT2D eigenvalue weighted by Gasteiger charge is -2.22. The van der Waals surface area contributed by atoms with Gasteiger partial charge in [-0.3, -0.25) is 0 Å². The number of halogens is 1. The molecule has 0 aliphatic heterocycles. The largest absolute Gasteiger partial charge is 0.458 e. The van der Waals surface area contributed by atoms with Crippen molar-refractivity contribution < 1.29 is 9.53 Å². The Kier molecular flexibility index (Phi) is 6.36. The molecule has 0 aromatic heterocycles. The van der Waals surface area contributed by atoms with Crippen molar-refractivity contribution in [2.45, 2.75) is 26.9 Å². The van der Waals surface area contributed by atoms with Crippen molar-refractivity contribution in [2.75, 3.05) is 19.6 Å². The summed E-state index contributed by atoms with van der Waals surface area (Å²) in [6.45, 7) is 8.84. The Balaban J connectivity index is 2.54. The van der Waals surface area contributed by atoms with Crippen LogP contribution in [0.1, 0.15) is 31.1 Å². The molecule has 0 bridgehead atoms. The third-order valence-corrected chi connectivity index (χ3v) is 3.27. The van der Waals surface area contributed by atoms with Crippen LogP contribution in [-0.4, -0.2) is 36.6 Å². The second-order valence-corrected chi connectivity index (χ2v) is 5.13. The highest BCUT2D eigenvalue weighted by Crippen LogP contribution is 2.13. The SMILES string of the molecule is CCN(CC)C[C@@H](C)OC(=O)c1cccc(Br)c1. The van der Waals surface area contributed by atoms with Gasteiger partial charge in [0.25, 0.3) is 0 Å². The van der Waals surface area contributed by atoms with E-state index in [1.165, 1.54) is 0 Å². The molecule has 0 amide bonds. The van der Waals surface area contributed by atoms with E-state index >= 15 is 0 Å². The number of esters is 1. The lowest BCUT2D eigenvalue weighted by atomic mass is 10.2. The van der Waals surface area contributed by atoms with Crippen molar-refractivity contribution >= 4 is 21.9 Å². The number of hydrogen-bond acceptors (Lipinski definition) is 3. The van der Waals surface area contributed by atoms with E-state index in [4.69, 9.17) is 4.74 Å². The summed E-state index contributed by atoms with van der Waals surface area (Å²) >= 11 is 3.34. The van der Waals surface area contributed by atoms with Crippen LogP contribution in [0.25, 0.3) is 0 Å². The molecule has 0 saturated carbocycles. The van der Waals surface area contributed by atoms with Gasteiger partial charge in [-0.25, -0.2) is 4.79 Å². The molecule has 1 rings (SSSR count). The maximum atomic E-state index is 11.9. The molecule has 0 saturated heterocycles. The van der Waals surface area contributed by atoms with Gasteiger partial charge in [0.05, 0.1) is 5.56 Å². The Hall–Kier alpha value is -0.870. The Morgan fingerprint density at radius 1 is 1.39 bits per heavy atom. The highest BCUT2D eigenvalue weighted by Gasteiger charge is 2.14. The molecule has 1 aromatic rings. The highest BCUT2D eigenvalue weighted by atomic mass is 79.9. The fraction of sp³-hybridized carbons (Fsp3) is 0.500. The Morgan fingerprint density at radius 2 is 2.06 bits per heavy atom.